The largest absolute Gasteiger partial charge is 0.550 e. The predicted octanol–water partition coefficient (Wildman–Crippen LogP) is -1.40. The second-order valence-electron chi connectivity index (χ2n) is 20.0. The van der Waals surface area contributed by atoms with E-state index in [-0.39, 0.29) is 52.6 Å². The number of allylic oxidation sites excluding steroid dienone is 2. The van der Waals surface area contributed by atoms with E-state index < -0.39 is 102 Å². The number of aliphatic hydroxyl groups is 5. The number of carboxylic acid groups (broad SMARTS) is 3. The molecular formula is C41H65N2O16-. The summed E-state index contributed by atoms with van der Waals surface area (Å²) in [7, 11) is 0. The number of carbonyl (C=O) groups is 4. The molecule has 18 nitrogen and oxygen atoms in total. The van der Waals surface area contributed by atoms with Gasteiger partial charge in [-0.05, 0) is 103 Å². The van der Waals surface area contributed by atoms with E-state index in [1.165, 1.54) is 0 Å². The van der Waals surface area contributed by atoms with Crippen LogP contribution in [0.4, 0.5) is 0 Å². The molecule has 3 unspecified atom stereocenters. The monoisotopic (exact) mass is 841 g/mol. The fourth-order valence-corrected chi connectivity index (χ4v) is 13.1. The second-order valence-corrected chi connectivity index (χ2v) is 20.0. The summed E-state index contributed by atoms with van der Waals surface area (Å²) in [5, 5.41) is 89.1. The first-order valence-corrected chi connectivity index (χ1v) is 20.3. The molecule has 6 fully saturated rings. The van der Waals surface area contributed by atoms with Crippen molar-refractivity contribution in [3.8, 4) is 0 Å². The number of aliphatic carboxylic acids is 3. The molecule has 19 atom stereocenters. The van der Waals surface area contributed by atoms with Gasteiger partial charge in [-0.1, -0.05) is 47.1 Å². The molecule has 0 radical (unpaired) electrons. The van der Waals surface area contributed by atoms with Crippen LogP contribution >= 0.6 is 0 Å². The Morgan fingerprint density at radius 2 is 1.25 bits per heavy atom. The van der Waals surface area contributed by atoms with Crippen molar-refractivity contribution in [2.24, 2.45) is 50.7 Å². The molecule has 336 valence electrons. The Labute approximate surface area is 343 Å². The molecule has 0 aromatic carbocycles. The molecule has 2 aliphatic heterocycles. The lowest BCUT2D eigenvalue weighted by Crippen LogP contribution is -2.68. The topological polar surface area (TPSA) is 349 Å². The first kappa shape index (κ1) is 47.4. The van der Waals surface area contributed by atoms with Crippen molar-refractivity contribution in [2.75, 3.05) is 0 Å². The average molecular weight is 842 g/mol. The summed E-state index contributed by atoms with van der Waals surface area (Å²) in [6.07, 6.45) is -13.1. The SMILES string of the molecule is CC1(C)C2CC[C@@]3(C)C4CC[C@@]5(C)CC[C@](C)(C(=O)[O-])C[C@H]5C4=CC(=O)C3[C@@]2(C)CC[C@@H]1O[C@@H]1O[C@H](C(=O)[O-])[C@@H](O[C@@H]2O[C@H](C(=O)[O-])[C@@H](O)[C@H](O)[C@H]2O)[C@H](O)[C@H]1O.[NH4+].[NH4+]. The number of hydrogen-bond acceptors (Lipinski definition) is 16. The molecule has 7 rings (SSSR count). The van der Waals surface area contributed by atoms with Gasteiger partial charge in [0.25, 0.3) is 0 Å². The van der Waals surface area contributed by atoms with Crippen molar-refractivity contribution < 1.29 is 79.0 Å². The van der Waals surface area contributed by atoms with Crippen LogP contribution in [0.1, 0.15) is 99.3 Å². The molecule has 0 spiro atoms. The van der Waals surface area contributed by atoms with E-state index >= 15 is 0 Å². The summed E-state index contributed by atoms with van der Waals surface area (Å²) in [6.45, 7) is 12.4. The fraction of sp³-hybridized carbons (Fsp3) is 0.854. The summed E-state index contributed by atoms with van der Waals surface area (Å²) in [5.74, 6) is -5.10. The van der Waals surface area contributed by atoms with Crippen molar-refractivity contribution in [1.82, 2.24) is 12.3 Å². The van der Waals surface area contributed by atoms with Gasteiger partial charge in [0.15, 0.2) is 18.4 Å². The highest BCUT2D eigenvalue weighted by atomic mass is 16.7. The molecule has 18 heteroatoms. The Morgan fingerprint density at radius 1 is 0.678 bits per heavy atom. The molecule has 0 amide bonds. The lowest BCUT2D eigenvalue weighted by atomic mass is 9.37. The van der Waals surface area contributed by atoms with E-state index in [2.05, 4.69) is 20.8 Å². The van der Waals surface area contributed by atoms with Gasteiger partial charge in [-0.2, -0.15) is 0 Å². The van der Waals surface area contributed by atoms with E-state index in [9.17, 15) is 60.0 Å². The van der Waals surface area contributed by atoms with Crippen molar-refractivity contribution >= 4 is 23.7 Å². The van der Waals surface area contributed by atoms with E-state index in [1.54, 1.807) is 6.92 Å². The molecular weight excluding hydrogens is 776 g/mol. The lowest BCUT2D eigenvalue weighted by molar-refractivity contribution is -0.386. The highest BCUT2D eigenvalue weighted by Gasteiger charge is 2.67. The second kappa shape index (κ2) is 15.9. The van der Waals surface area contributed by atoms with E-state index in [1.807, 2.05) is 19.9 Å². The molecule has 0 bridgehead atoms. The number of fused-ring (bicyclic) bond motifs is 7. The highest BCUT2D eigenvalue weighted by Crippen LogP contribution is 2.71. The van der Waals surface area contributed by atoms with Crippen LogP contribution in [0, 0.1) is 50.7 Å². The van der Waals surface area contributed by atoms with Gasteiger partial charge >= 0.3 is 0 Å². The first-order chi connectivity index (χ1) is 26.4. The number of ketones is 1. The molecule has 0 aromatic rings. The maximum absolute atomic E-state index is 14.6. The van der Waals surface area contributed by atoms with Gasteiger partial charge in [0.05, 0.1) is 18.0 Å². The zero-order valence-corrected chi connectivity index (χ0v) is 35.3. The third-order valence-corrected chi connectivity index (χ3v) is 16.4. The maximum atomic E-state index is 14.6. The van der Waals surface area contributed by atoms with Gasteiger partial charge in [-0.3, -0.25) is 4.79 Å². The van der Waals surface area contributed by atoms with Crippen LogP contribution in [0.15, 0.2) is 11.6 Å². The third-order valence-electron chi connectivity index (χ3n) is 16.4. The zero-order valence-electron chi connectivity index (χ0n) is 35.3. The van der Waals surface area contributed by atoms with Crippen LogP contribution in [0.3, 0.4) is 0 Å². The third kappa shape index (κ3) is 7.26. The van der Waals surface area contributed by atoms with Crippen molar-refractivity contribution in [2.45, 2.75) is 167 Å². The summed E-state index contributed by atoms with van der Waals surface area (Å²) >= 11 is 0. The summed E-state index contributed by atoms with van der Waals surface area (Å²) in [6, 6.07) is 0. The number of quaternary nitrogens is 2. The van der Waals surface area contributed by atoms with Crippen molar-refractivity contribution in [3.63, 3.8) is 0 Å². The summed E-state index contributed by atoms with van der Waals surface area (Å²) in [5.41, 5.74) is -1.42. The predicted molar refractivity (Wildman–Crippen MR) is 199 cm³/mol. The molecule has 7 aliphatic rings. The molecule has 2 saturated heterocycles. The van der Waals surface area contributed by atoms with Crippen LogP contribution in [-0.2, 0) is 38.1 Å². The number of hydrogen-bond donors (Lipinski definition) is 7. The number of aliphatic hydroxyl groups excluding tert-OH is 5. The van der Waals surface area contributed by atoms with Gasteiger partial charge in [-0.25, -0.2) is 0 Å². The molecule has 13 N–H and O–H groups in total. The number of ether oxygens (including phenoxy) is 4. The molecule has 5 aliphatic carbocycles. The Morgan fingerprint density at radius 3 is 1.86 bits per heavy atom. The minimum Gasteiger partial charge on any atom is -0.550 e. The van der Waals surface area contributed by atoms with Crippen LogP contribution in [0.5, 0.6) is 0 Å². The van der Waals surface area contributed by atoms with Gasteiger partial charge < -0.3 is 86.5 Å². The van der Waals surface area contributed by atoms with Gasteiger partial charge in [-0.15, -0.1) is 0 Å². The smallest absolute Gasteiger partial charge is 0.187 e. The fourth-order valence-electron chi connectivity index (χ4n) is 13.1. The Bertz CT molecular complexity index is 1690. The van der Waals surface area contributed by atoms with E-state index in [4.69, 9.17) is 18.9 Å². The van der Waals surface area contributed by atoms with Gasteiger partial charge in [0.2, 0.25) is 0 Å². The Hall–Kier alpha value is -2.62. The van der Waals surface area contributed by atoms with Crippen LogP contribution in [0.2, 0.25) is 0 Å². The molecule has 0 aromatic heterocycles. The quantitative estimate of drug-likeness (QED) is 0.145. The number of carbonyl (C=O) groups excluding carboxylic acids is 4. The van der Waals surface area contributed by atoms with Gasteiger partial charge in [0.1, 0.15) is 48.8 Å². The average Bonchev–Trinajstić information content (AvgIpc) is 3.12. The maximum Gasteiger partial charge on any atom is 0.187 e. The number of carboxylic acids is 3. The standard InChI is InChI=1S/C41H60O16.2H3N/c1-37(2)21-8-11-40(5)18-7-10-38(3)13-14-39(4,36(52)53)16-19(38)17(18)15-20(42)31(40)41(21,6)12-9-22(37)54-34-27(47)25(45)28(30(57-34)33(50)51)55-35-26(46)23(43)24(44)29(56-35)32(48)49;;/h15,18-19,21-31,34-35,43-47H,7-14,16H2,1-6H3,(H,48,49)(H,50,51)(H,52,53);2*1H3/p-1/t18?,19-,21?,22-,23-,24-,25+,26+,27+,28-,29-,30-,31?,34+,35+,38-,39-,40-,41-;;/m0../s1. The van der Waals surface area contributed by atoms with Crippen LogP contribution in [0.25, 0.3) is 0 Å². The zero-order chi connectivity index (χ0) is 41.9. The number of rotatable bonds is 7. The molecule has 2 heterocycles. The highest BCUT2D eigenvalue weighted by molar-refractivity contribution is 5.95. The summed E-state index contributed by atoms with van der Waals surface area (Å²) < 4.78 is 22.5. The molecule has 59 heavy (non-hydrogen) atoms. The van der Waals surface area contributed by atoms with Crippen LogP contribution < -0.4 is 27.6 Å². The van der Waals surface area contributed by atoms with E-state index in [0.29, 0.717) is 25.7 Å². The summed E-state index contributed by atoms with van der Waals surface area (Å²) in [4.78, 5) is 50.7. The van der Waals surface area contributed by atoms with Gasteiger partial charge in [0, 0.05) is 17.3 Å². The van der Waals surface area contributed by atoms with Crippen LogP contribution in [-0.4, -0.2) is 117 Å². The lowest BCUT2D eigenvalue weighted by Gasteiger charge is -2.67. The van der Waals surface area contributed by atoms with E-state index in [0.717, 1.165) is 37.7 Å². The minimum absolute atomic E-state index is 0. The van der Waals surface area contributed by atoms with Crippen molar-refractivity contribution in [3.05, 3.63) is 11.6 Å². The normalized spacial score (nSPS) is 50.2. The molecule has 4 saturated carbocycles. The first-order valence-electron chi connectivity index (χ1n) is 20.3. The minimum atomic E-state index is -2.18. The Kier molecular flexibility index (Phi) is 12.8. The Balaban J connectivity index is 0.00000331. The van der Waals surface area contributed by atoms with Crippen molar-refractivity contribution in [1.29, 1.82) is 0 Å².